The third-order valence-corrected chi connectivity index (χ3v) is 8.82. The van der Waals surface area contributed by atoms with Crippen molar-refractivity contribution in [3.05, 3.63) is 116 Å². The third-order valence-electron chi connectivity index (χ3n) is 6.85. The van der Waals surface area contributed by atoms with Crippen molar-refractivity contribution in [2.75, 3.05) is 0 Å². The maximum Gasteiger partial charge on any atom is 0.170 e. The molecule has 0 spiro atoms. The molecule has 0 aliphatic heterocycles. The minimum Gasteiger partial charge on any atom is -0.294 e. The Balaban J connectivity index is 0.986. The summed E-state index contributed by atoms with van der Waals surface area (Å²) in [7, 11) is 0. The second-order valence-electron chi connectivity index (χ2n) is 9.64. The van der Waals surface area contributed by atoms with Crippen molar-refractivity contribution in [3.63, 3.8) is 0 Å². The smallest absolute Gasteiger partial charge is 0.170 e. The van der Waals surface area contributed by atoms with E-state index in [-0.39, 0.29) is 24.4 Å². The molecular formula is C32H26N4O2S2. The molecule has 4 aromatic carbocycles. The number of Topliss-reactive ketones (excluding diaryl/α,β-unsaturated/α-hetero) is 2. The minimum atomic E-state index is 0.0607. The van der Waals surface area contributed by atoms with Gasteiger partial charge in [0, 0.05) is 24.0 Å². The molecule has 0 atom stereocenters. The molecular weight excluding hydrogens is 537 g/mol. The number of carbonyl (C=O) groups is 2. The summed E-state index contributed by atoms with van der Waals surface area (Å²) in [6.45, 7) is 0. The van der Waals surface area contributed by atoms with Gasteiger partial charge in [-0.1, -0.05) is 84.9 Å². The molecule has 0 N–H and O–H groups in total. The van der Waals surface area contributed by atoms with Crippen LogP contribution in [0.25, 0.3) is 21.5 Å². The summed E-state index contributed by atoms with van der Waals surface area (Å²) in [5, 5.41) is 24.6. The van der Waals surface area contributed by atoms with E-state index in [9.17, 15) is 9.59 Å². The summed E-state index contributed by atoms with van der Waals surface area (Å²) in [5.41, 5.74) is 1.45. The molecule has 0 unspecified atom stereocenters. The maximum absolute atomic E-state index is 13.0. The minimum absolute atomic E-state index is 0.0607. The Morgan fingerprint density at radius 1 is 0.500 bits per heavy atom. The monoisotopic (exact) mass is 562 g/mol. The first-order valence-corrected chi connectivity index (χ1v) is 14.9. The van der Waals surface area contributed by atoms with E-state index in [0.717, 1.165) is 78.4 Å². The van der Waals surface area contributed by atoms with Gasteiger partial charge in [0.2, 0.25) is 0 Å². The first-order chi connectivity index (χ1) is 19.6. The zero-order chi connectivity index (χ0) is 27.3. The highest BCUT2D eigenvalue weighted by molar-refractivity contribution is 7.11. The topological polar surface area (TPSA) is 85.7 Å². The number of hydrogen-bond acceptors (Lipinski definition) is 8. The molecule has 2 heterocycles. The van der Waals surface area contributed by atoms with E-state index in [1.807, 2.05) is 84.9 Å². The lowest BCUT2D eigenvalue weighted by Crippen LogP contribution is -2.04. The molecule has 0 bridgehead atoms. The molecule has 0 amide bonds. The van der Waals surface area contributed by atoms with E-state index in [1.54, 1.807) is 0 Å². The summed E-state index contributed by atoms with van der Waals surface area (Å²) in [5.74, 6) is 0.121. The average molecular weight is 563 g/mol. The van der Waals surface area contributed by atoms with E-state index in [1.165, 1.54) is 22.7 Å². The van der Waals surface area contributed by atoms with Crippen LogP contribution in [0.5, 0.6) is 0 Å². The van der Waals surface area contributed by atoms with Gasteiger partial charge in [-0.3, -0.25) is 9.59 Å². The van der Waals surface area contributed by atoms with E-state index in [2.05, 4.69) is 20.4 Å². The SMILES string of the molecule is O=C(Cc1nnc(CCCCc2nnc(CC(=O)c3cccc4ccccc34)s2)s1)c1cccc2ccccc12. The maximum atomic E-state index is 13.0. The van der Waals surface area contributed by atoms with Gasteiger partial charge in [-0.25, -0.2) is 0 Å². The predicted octanol–water partition coefficient (Wildman–Crippen LogP) is 7.11. The zero-order valence-electron chi connectivity index (χ0n) is 21.7. The number of aromatic nitrogens is 4. The van der Waals surface area contributed by atoms with Crippen LogP contribution in [0.4, 0.5) is 0 Å². The number of ketones is 2. The highest BCUT2D eigenvalue weighted by Gasteiger charge is 2.16. The Bertz CT molecular complexity index is 1680. The lowest BCUT2D eigenvalue weighted by Gasteiger charge is -2.04. The van der Waals surface area contributed by atoms with Crippen molar-refractivity contribution in [3.8, 4) is 0 Å². The van der Waals surface area contributed by atoms with Crippen LogP contribution in [0.15, 0.2) is 84.9 Å². The molecule has 6 aromatic rings. The number of fused-ring (bicyclic) bond motifs is 2. The number of unbranched alkanes of at least 4 members (excludes halogenated alkanes) is 1. The van der Waals surface area contributed by atoms with Crippen molar-refractivity contribution in [1.82, 2.24) is 20.4 Å². The van der Waals surface area contributed by atoms with Gasteiger partial charge >= 0.3 is 0 Å². The second-order valence-corrected chi connectivity index (χ2v) is 11.9. The van der Waals surface area contributed by atoms with Crippen LogP contribution in [-0.4, -0.2) is 32.0 Å². The van der Waals surface area contributed by atoms with Crippen LogP contribution in [0.3, 0.4) is 0 Å². The molecule has 0 aliphatic carbocycles. The number of carbonyl (C=O) groups excluding carboxylic acids is 2. The molecule has 0 radical (unpaired) electrons. The molecule has 6 nitrogen and oxygen atoms in total. The molecule has 8 heteroatoms. The van der Waals surface area contributed by atoms with Crippen LogP contribution in [0.2, 0.25) is 0 Å². The molecule has 0 aliphatic rings. The Morgan fingerprint density at radius 3 is 1.38 bits per heavy atom. The van der Waals surface area contributed by atoms with Gasteiger partial charge in [-0.2, -0.15) is 0 Å². The molecule has 198 valence electrons. The third kappa shape index (κ3) is 5.88. The van der Waals surface area contributed by atoms with Crippen LogP contribution in [-0.2, 0) is 25.7 Å². The van der Waals surface area contributed by atoms with Gasteiger partial charge in [0.25, 0.3) is 0 Å². The zero-order valence-corrected chi connectivity index (χ0v) is 23.4. The first kappa shape index (κ1) is 26.1. The van der Waals surface area contributed by atoms with Crippen LogP contribution < -0.4 is 0 Å². The molecule has 0 saturated carbocycles. The molecule has 0 fully saturated rings. The van der Waals surface area contributed by atoms with Crippen molar-refractivity contribution in [2.45, 2.75) is 38.5 Å². The van der Waals surface area contributed by atoms with Crippen LogP contribution >= 0.6 is 22.7 Å². The highest BCUT2D eigenvalue weighted by atomic mass is 32.1. The van der Waals surface area contributed by atoms with Crippen LogP contribution in [0, 0.1) is 0 Å². The predicted molar refractivity (Wildman–Crippen MR) is 160 cm³/mol. The largest absolute Gasteiger partial charge is 0.294 e. The van der Waals surface area contributed by atoms with Gasteiger partial charge in [0.15, 0.2) is 11.6 Å². The molecule has 6 rings (SSSR count). The Hall–Kier alpha value is -4.14. The van der Waals surface area contributed by atoms with E-state index < -0.39 is 0 Å². The van der Waals surface area contributed by atoms with Gasteiger partial charge in [-0.15, -0.1) is 43.1 Å². The Morgan fingerprint density at radius 2 is 0.900 bits per heavy atom. The number of aryl methyl sites for hydroxylation is 2. The van der Waals surface area contributed by atoms with Gasteiger partial charge in [-0.05, 0) is 34.4 Å². The van der Waals surface area contributed by atoms with Gasteiger partial charge in [0.05, 0.1) is 12.8 Å². The molecule has 2 aromatic heterocycles. The summed E-state index contributed by atoms with van der Waals surface area (Å²) >= 11 is 3.02. The average Bonchev–Trinajstić information content (AvgIpc) is 3.63. The second kappa shape index (κ2) is 11.9. The lowest BCUT2D eigenvalue weighted by molar-refractivity contribution is 0.0986. The van der Waals surface area contributed by atoms with Crippen molar-refractivity contribution < 1.29 is 9.59 Å². The van der Waals surface area contributed by atoms with Gasteiger partial charge in [0.1, 0.15) is 20.0 Å². The quantitative estimate of drug-likeness (QED) is 0.124. The highest BCUT2D eigenvalue weighted by Crippen LogP contribution is 2.23. The van der Waals surface area contributed by atoms with E-state index in [0.29, 0.717) is 0 Å². The Kier molecular flexibility index (Phi) is 7.79. The summed E-state index contributed by atoms with van der Waals surface area (Å²) in [6.07, 6.45) is 4.02. The fraction of sp³-hybridized carbons (Fsp3) is 0.188. The summed E-state index contributed by atoms with van der Waals surface area (Å²) < 4.78 is 0. The van der Waals surface area contributed by atoms with Crippen molar-refractivity contribution in [1.29, 1.82) is 0 Å². The number of rotatable bonds is 11. The number of hydrogen-bond donors (Lipinski definition) is 0. The Labute approximate surface area is 239 Å². The summed E-state index contributed by atoms with van der Waals surface area (Å²) in [4.78, 5) is 25.9. The number of benzene rings is 4. The molecule has 40 heavy (non-hydrogen) atoms. The van der Waals surface area contributed by atoms with Crippen molar-refractivity contribution >= 4 is 55.8 Å². The number of nitrogens with zero attached hydrogens (tertiary/aromatic N) is 4. The normalized spacial score (nSPS) is 11.3. The standard InChI is InChI=1S/C32H26N4O2S2/c37-27(25-15-7-11-21-9-1-3-13-23(21)25)19-31-35-33-29(39-31)17-5-6-18-30-34-36-32(40-30)20-28(38)26-16-8-12-22-10-2-4-14-24(22)26/h1-4,7-16H,5-6,17-20H2. The first-order valence-electron chi connectivity index (χ1n) is 13.3. The fourth-order valence-electron chi connectivity index (χ4n) is 4.88. The molecule has 0 saturated heterocycles. The summed E-state index contributed by atoms with van der Waals surface area (Å²) in [6, 6.07) is 27.5. The fourth-order valence-corrected chi connectivity index (χ4v) is 6.65. The van der Waals surface area contributed by atoms with Gasteiger partial charge < -0.3 is 0 Å². The van der Waals surface area contributed by atoms with Crippen molar-refractivity contribution in [2.24, 2.45) is 0 Å². The van der Waals surface area contributed by atoms with E-state index in [4.69, 9.17) is 0 Å². The van der Waals surface area contributed by atoms with E-state index >= 15 is 0 Å². The van der Waals surface area contributed by atoms with Crippen LogP contribution in [0.1, 0.15) is 53.6 Å². The lowest BCUT2D eigenvalue weighted by atomic mass is 10.0.